The zero-order chi connectivity index (χ0) is 16.6. The van der Waals surface area contributed by atoms with Crippen molar-refractivity contribution in [2.75, 3.05) is 0 Å². The van der Waals surface area contributed by atoms with Gasteiger partial charge in [-0.1, -0.05) is 24.1 Å². The minimum atomic E-state index is -0.383. The van der Waals surface area contributed by atoms with Crippen molar-refractivity contribution in [1.82, 2.24) is 19.5 Å². The summed E-state index contributed by atoms with van der Waals surface area (Å²) < 4.78 is 7.43. The van der Waals surface area contributed by atoms with Gasteiger partial charge in [-0.3, -0.25) is 0 Å². The van der Waals surface area contributed by atoms with E-state index in [1.165, 1.54) is 5.56 Å². The van der Waals surface area contributed by atoms with E-state index in [1.807, 2.05) is 6.07 Å². The van der Waals surface area contributed by atoms with Crippen LogP contribution in [0.4, 0.5) is 0 Å². The van der Waals surface area contributed by atoms with Crippen molar-refractivity contribution in [2.24, 2.45) is 5.73 Å². The highest BCUT2D eigenvalue weighted by molar-refractivity contribution is 7.97. The quantitative estimate of drug-likeness (QED) is 0.729. The van der Waals surface area contributed by atoms with Crippen LogP contribution in [0.2, 0.25) is 0 Å². The molecule has 6 nitrogen and oxygen atoms in total. The first kappa shape index (κ1) is 18.2. The minimum absolute atomic E-state index is 0. The van der Waals surface area contributed by atoms with Gasteiger partial charge in [0.2, 0.25) is 5.89 Å². The molecular weight excluding hydrogens is 358 g/mol. The molecule has 0 aromatic carbocycles. The highest BCUT2D eigenvalue weighted by Crippen LogP contribution is 2.34. The van der Waals surface area contributed by atoms with Gasteiger partial charge in [-0.2, -0.15) is 4.98 Å². The van der Waals surface area contributed by atoms with E-state index in [4.69, 9.17) is 10.3 Å². The summed E-state index contributed by atoms with van der Waals surface area (Å²) in [5.74, 6) is 2.80. The highest BCUT2D eigenvalue weighted by atomic mass is 35.5. The van der Waals surface area contributed by atoms with Gasteiger partial charge in [0.1, 0.15) is 5.65 Å². The highest BCUT2D eigenvalue weighted by Gasteiger charge is 2.35. The van der Waals surface area contributed by atoms with Gasteiger partial charge in [-0.25, -0.2) is 4.98 Å². The third-order valence-electron chi connectivity index (χ3n) is 4.53. The maximum Gasteiger partial charge on any atom is 0.236 e. The molecule has 134 valence electrons. The summed E-state index contributed by atoms with van der Waals surface area (Å²) in [5.41, 5.74) is 9.23. The Labute approximate surface area is 157 Å². The molecule has 4 rings (SSSR count). The SMILES string of the molecule is Cc1ccc2nc(CSCc3nc(C4(N)CCCC4)no3)cn2c1.Cl. The Morgan fingerprint density at radius 1 is 1.20 bits per heavy atom. The lowest BCUT2D eigenvalue weighted by Crippen LogP contribution is -2.34. The topological polar surface area (TPSA) is 82.2 Å². The second-order valence-electron chi connectivity index (χ2n) is 6.57. The van der Waals surface area contributed by atoms with E-state index in [9.17, 15) is 0 Å². The van der Waals surface area contributed by atoms with Crippen molar-refractivity contribution >= 4 is 29.8 Å². The van der Waals surface area contributed by atoms with Crippen LogP contribution in [0.3, 0.4) is 0 Å². The molecule has 0 bridgehead atoms. The average Bonchev–Trinajstić information content (AvgIpc) is 3.26. The fraction of sp³-hybridized carbons (Fsp3) is 0.471. The van der Waals surface area contributed by atoms with Crippen LogP contribution >= 0.6 is 24.2 Å². The molecule has 2 N–H and O–H groups in total. The fourth-order valence-electron chi connectivity index (χ4n) is 3.21. The van der Waals surface area contributed by atoms with E-state index >= 15 is 0 Å². The van der Waals surface area contributed by atoms with Crippen LogP contribution < -0.4 is 5.73 Å². The first-order valence-electron chi connectivity index (χ1n) is 8.26. The smallest absolute Gasteiger partial charge is 0.236 e. The van der Waals surface area contributed by atoms with Crippen molar-refractivity contribution in [1.29, 1.82) is 0 Å². The molecule has 25 heavy (non-hydrogen) atoms. The maximum atomic E-state index is 6.36. The molecule has 0 radical (unpaired) electrons. The molecule has 8 heteroatoms. The number of aromatic nitrogens is 4. The number of imidazole rings is 1. The number of fused-ring (bicyclic) bond motifs is 1. The molecule has 0 spiro atoms. The zero-order valence-corrected chi connectivity index (χ0v) is 15.8. The van der Waals surface area contributed by atoms with Gasteiger partial charge in [0.25, 0.3) is 0 Å². The molecule has 0 amide bonds. The Morgan fingerprint density at radius 2 is 2.00 bits per heavy atom. The summed E-state index contributed by atoms with van der Waals surface area (Å²) in [6.07, 6.45) is 8.33. The Hall–Kier alpha value is -1.57. The second-order valence-corrected chi connectivity index (χ2v) is 7.56. The lowest BCUT2D eigenvalue weighted by Gasteiger charge is -2.17. The van der Waals surface area contributed by atoms with Crippen LogP contribution in [0, 0.1) is 6.92 Å². The van der Waals surface area contributed by atoms with Crippen molar-refractivity contribution < 1.29 is 4.52 Å². The molecule has 1 aliphatic rings. The summed E-state index contributed by atoms with van der Waals surface area (Å²) >= 11 is 1.72. The molecule has 3 heterocycles. The van der Waals surface area contributed by atoms with E-state index in [2.05, 4.69) is 44.9 Å². The van der Waals surface area contributed by atoms with Crippen LogP contribution in [-0.4, -0.2) is 19.5 Å². The Morgan fingerprint density at radius 3 is 2.80 bits per heavy atom. The van der Waals surface area contributed by atoms with Crippen LogP contribution in [0.1, 0.15) is 48.7 Å². The monoisotopic (exact) mass is 379 g/mol. The van der Waals surface area contributed by atoms with Crippen molar-refractivity contribution in [3.05, 3.63) is 47.5 Å². The zero-order valence-electron chi connectivity index (χ0n) is 14.1. The van der Waals surface area contributed by atoms with E-state index < -0.39 is 0 Å². The number of pyridine rings is 1. The number of hydrogen-bond acceptors (Lipinski definition) is 6. The van der Waals surface area contributed by atoms with Crippen molar-refractivity contribution in [3.63, 3.8) is 0 Å². The first-order chi connectivity index (χ1) is 11.6. The fourth-order valence-corrected chi connectivity index (χ4v) is 3.96. The molecule has 0 aliphatic heterocycles. The van der Waals surface area contributed by atoms with E-state index in [0.29, 0.717) is 17.5 Å². The Balaban J connectivity index is 0.00000182. The number of rotatable bonds is 5. The predicted molar refractivity (Wildman–Crippen MR) is 101 cm³/mol. The third-order valence-corrected chi connectivity index (χ3v) is 5.48. The van der Waals surface area contributed by atoms with Gasteiger partial charge in [0, 0.05) is 18.1 Å². The van der Waals surface area contributed by atoms with Gasteiger partial charge >= 0.3 is 0 Å². The molecule has 0 saturated heterocycles. The standard InChI is InChI=1S/C17H21N5OS.ClH/c1-12-4-5-14-19-13(9-22(14)8-12)10-24-11-15-20-16(21-23-15)17(18)6-2-3-7-17;/h4-5,8-9H,2-3,6-7,10-11,18H2,1H3;1H. The molecule has 1 aliphatic carbocycles. The number of halogens is 1. The number of aryl methyl sites for hydroxylation is 1. The van der Waals surface area contributed by atoms with Crippen LogP contribution in [-0.2, 0) is 17.0 Å². The minimum Gasteiger partial charge on any atom is -0.338 e. The van der Waals surface area contributed by atoms with Gasteiger partial charge in [0.05, 0.1) is 17.0 Å². The maximum absolute atomic E-state index is 6.36. The summed E-state index contributed by atoms with van der Waals surface area (Å²) in [4.78, 5) is 9.12. The average molecular weight is 380 g/mol. The second kappa shape index (κ2) is 7.35. The molecule has 1 fully saturated rings. The van der Waals surface area contributed by atoms with Gasteiger partial charge in [-0.05, 0) is 31.4 Å². The Bertz CT molecular complexity index is 856. The lowest BCUT2D eigenvalue weighted by molar-refractivity contribution is 0.355. The Kier molecular flexibility index (Phi) is 5.36. The van der Waals surface area contributed by atoms with Gasteiger partial charge in [0.15, 0.2) is 5.82 Å². The molecule has 0 atom stereocenters. The summed E-state index contributed by atoms with van der Waals surface area (Å²) in [5, 5.41) is 4.10. The third kappa shape index (κ3) is 3.83. The normalized spacial score (nSPS) is 16.2. The van der Waals surface area contributed by atoms with E-state index in [1.54, 1.807) is 11.8 Å². The number of nitrogens with zero attached hydrogens (tertiary/aromatic N) is 4. The number of thioether (sulfide) groups is 1. The first-order valence-corrected chi connectivity index (χ1v) is 9.42. The molecule has 1 saturated carbocycles. The predicted octanol–water partition coefficient (Wildman–Crippen LogP) is 3.61. The van der Waals surface area contributed by atoms with Crippen LogP contribution in [0.5, 0.6) is 0 Å². The summed E-state index contributed by atoms with van der Waals surface area (Å²) in [6.45, 7) is 2.08. The summed E-state index contributed by atoms with van der Waals surface area (Å²) in [7, 11) is 0. The molecule has 3 aromatic heterocycles. The molecule has 3 aromatic rings. The van der Waals surface area contributed by atoms with Crippen molar-refractivity contribution in [2.45, 2.75) is 49.7 Å². The van der Waals surface area contributed by atoms with Crippen molar-refractivity contribution in [3.8, 4) is 0 Å². The van der Waals surface area contributed by atoms with Gasteiger partial charge in [-0.15, -0.1) is 24.2 Å². The summed E-state index contributed by atoms with van der Waals surface area (Å²) in [6, 6.07) is 4.11. The van der Waals surface area contributed by atoms with Gasteiger partial charge < -0.3 is 14.7 Å². The lowest BCUT2D eigenvalue weighted by atomic mass is 9.99. The number of hydrogen-bond donors (Lipinski definition) is 1. The molecular formula is C17H22ClN5OS. The van der Waals surface area contributed by atoms with E-state index in [0.717, 1.165) is 42.8 Å². The number of nitrogens with two attached hydrogens (primary N) is 1. The van der Waals surface area contributed by atoms with Crippen LogP contribution in [0.25, 0.3) is 5.65 Å². The van der Waals surface area contributed by atoms with Crippen LogP contribution in [0.15, 0.2) is 29.0 Å². The van der Waals surface area contributed by atoms with E-state index in [-0.39, 0.29) is 17.9 Å². The molecule has 0 unspecified atom stereocenters. The largest absolute Gasteiger partial charge is 0.338 e.